The highest BCUT2D eigenvalue weighted by Crippen LogP contribution is 2.45. The van der Waals surface area contributed by atoms with Gasteiger partial charge in [0.25, 0.3) is 0 Å². The number of fused-ring (bicyclic) bond motifs is 6. The molecule has 18 rings (SSSR count). The molecule has 9 aliphatic rings. The molecule has 0 unspecified atom stereocenters. The van der Waals surface area contributed by atoms with E-state index in [9.17, 15) is 49.2 Å². The molecule has 3 aromatic heterocycles. The highest BCUT2D eigenvalue weighted by molar-refractivity contribution is 7.89. The van der Waals surface area contributed by atoms with Gasteiger partial charge in [-0.1, -0.05) is 74.9 Å². The van der Waals surface area contributed by atoms with Crippen molar-refractivity contribution in [2.24, 2.45) is 0 Å². The molecule has 0 bridgehead atoms. The van der Waals surface area contributed by atoms with Gasteiger partial charge >= 0.3 is 6.09 Å². The third-order valence-corrected chi connectivity index (χ3v) is 29.3. The zero-order valence-corrected chi connectivity index (χ0v) is 70.7. The third-order valence-electron chi connectivity index (χ3n) is 23.5. The van der Waals surface area contributed by atoms with Crippen LogP contribution in [-0.4, -0.2) is 210 Å². The predicted octanol–water partition coefficient (Wildman–Crippen LogP) is 13.2. The van der Waals surface area contributed by atoms with E-state index in [1.54, 1.807) is 117 Å². The number of morpholine rings is 1. The van der Waals surface area contributed by atoms with E-state index in [1.165, 1.54) is 24.7 Å². The molecule has 0 atom stereocenters. The van der Waals surface area contributed by atoms with Crippen LogP contribution >= 0.6 is 0 Å². The lowest BCUT2D eigenvalue weighted by Gasteiger charge is -2.35. The van der Waals surface area contributed by atoms with Crippen LogP contribution in [0.2, 0.25) is 0 Å². The van der Waals surface area contributed by atoms with Crippen molar-refractivity contribution in [3.8, 4) is 0 Å². The highest BCUT2D eigenvalue weighted by Gasteiger charge is 2.40. The number of sulfonamides is 3. The van der Waals surface area contributed by atoms with Gasteiger partial charge in [0, 0.05) is 179 Å². The highest BCUT2D eigenvalue weighted by atomic mass is 32.2. The number of piperazine rings is 2. The van der Waals surface area contributed by atoms with Crippen molar-refractivity contribution in [1.82, 2.24) is 52.6 Å². The smallest absolute Gasteiger partial charge is 0.410 e. The maximum atomic E-state index is 13.4. The second kappa shape index (κ2) is 35.5. The monoisotopic (exact) mass is 1700 g/mol. The Morgan fingerprint density at radius 2 is 0.686 bits per heavy atom. The van der Waals surface area contributed by atoms with Crippen molar-refractivity contribution >= 4 is 129 Å². The van der Waals surface area contributed by atoms with Gasteiger partial charge in [0.2, 0.25) is 53.8 Å². The molecule has 0 spiro atoms. The lowest BCUT2D eigenvalue weighted by Crippen LogP contribution is -2.51. The number of para-hydroxylation sites is 3. The summed E-state index contributed by atoms with van der Waals surface area (Å²) in [5, 5.41) is 9.64. The van der Waals surface area contributed by atoms with E-state index in [4.69, 9.17) is 24.4 Å². The zero-order valence-electron chi connectivity index (χ0n) is 68.2. The normalized spacial score (nSPS) is 18.3. The SMILES string of the molecule is CC(=O)N1CCN(S(=O)(=O)c2ccc(Nc3ncc4c(n3)N(C3CCCC3)c3ccccc3C(=O)C4)cc2)CC1.CC(C)(C)OC(=O)N1CCN(S(=O)(=O)c2ccc(Nc3ncc4c(n3)N(C3CCCC3)c3ccccc3C(=O)C4)cc2)CC1.O=C1Cc2cnc(Nc3ccc(S(=O)(=O)N4CCOCC4)cc3)nc2N(C2CCCC2)c2ccccc21. The Labute approximate surface area is 705 Å². The molecule has 3 saturated carbocycles. The number of benzene rings is 6. The van der Waals surface area contributed by atoms with Crippen molar-refractivity contribution in [2.45, 2.75) is 162 Å². The molecule has 2 amide bonds. The summed E-state index contributed by atoms with van der Waals surface area (Å²) in [6.45, 7) is 10.6. The van der Waals surface area contributed by atoms with E-state index in [0.717, 1.165) is 134 Å². The minimum atomic E-state index is -3.75. The molecule has 0 radical (unpaired) electrons. The van der Waals surface area contributed by atoms with Gasteiger partial charge in [0.1, 0.15) is 23.1 Å². The van der Waals surface area contributed by atoms with Gasteiger partial charge in [-0.3, -0.25) is 19.2 Å². The molecule has 9 aromatic rings. The number of amides is 2. The maximum absolute atomic E-state index is 13.4. The van der Waals surface area contributed by atoms with Crippen molar-refractivity contribution in [3.63, 3.8) is 0 Å². The lowest BCUT2D eigenvalue weighted by atomic mass is 10.0. The second-order valence-electron chi connectivity index (χ2n) is 32.6. The molecule has 33 heteroatoms. The minimum Gasteiger partial charge on any atom is -0.444 e. The third kappa shape index (κ3) is 18.2. The lowest BCUT2D eigenvalue weighted by molar-refractivity contribution is -0.130. The van der Waals surface area contributed by atoms with E-state index >= 15 is 0 Å². The van der Waals surface area contributed by atoms with Crippen LogP contribution in [0.3, 0.4) is 0 Å². The van der Waals surface area contributed by atoms with Crippen LogP contribution in [0.4, 0.5) is 74.2 Å². The Morgan fingerprint density at radius 3 is 0.983 bits per heavy atom. The molecule has 30 nitrogen and oxygen atoms in total. The van der Waals surface area contributed by atoms with Gasteiger partial charge in [0.05, 0.1) is 45.0 Å². The second-order valence-corrected chi connectivity index (χ2v) is 38.5. The minimum absolute atomic E-state index is 0.0466. The number of ketones is 3. The topological polar surface area (TPSA) is 346 Å². The number of nitrogens with one attached hydrogen (secondary N) is 3. The molecule has 9 heterocycles. The number of aromatic nitrogens is 6. The van der Waals surface area contributed by atoms with Crippen LogP contribution < -0.4 is 30.7 Å². The van der Waals surface area contributed by atoms with Gasteiger partial charge in [-0.05, 0) is 168 Å². The molecule has 6 fully saturated rings. The maximum Gasteiger partial charge on any atom is 0.410 e. The standard InChI is InChI=1S/C32H38N6O5S.C29H32N6O4S.C27H29N5O4S/c1-32(2,3)43-31(40)36-16-18-37(19-17-36)44(41,42)25-14-12-23(13-15-25)34-30-33-21-22-20-28(39)26-10-6-7-11-27(26)38(29(22)35-30)24-8-4-5-9-24;1-20(36)33-14-16-34(17-15-33)40(38,39)24-12-10-22(11-13-24)31-29-30-19-21-18-27(37)25-8-4-5-9-26(25)35(28(21)32-29)23-6-2-3-7-23;33-25-17-19-18-28-27(29-20-9-11-22(12-10-20)37(34,35)31-13-15-36-16-14-31)30-26(19)32(21-5-1-2-6-21)24-8-4-3-7-23(24)25/h6-7,10-15,21,24H,4-5,8-9,16-20H2,1-3H3,(H,33,34,35);4-5,8-13,19,23H,2-3,6-7,14-18H2,1H3,(H,30,31,32);3-4,7-12,18,21H,1-2,5-6,13-17H2,(H,28,29,30). The van der Waals surface area contributed by atoms with Crippen LogP contribution in [0.1, 0.15) is 153 Å². The predicted molar refractivity (Wildman–Crippen MR) is 459 cm³/mol. The number of carbonyl (C=O) groups is 5. The van der Waals surface area contributed by atoms with Crippen LogP contribution in [0, 0.1) is 0 Å². The zero-order chi connectivity index (χ0) is 84.3. The quantitative estimate of drug-likeness (QED) is 0.0858. The number of ether oxygens (including phenoxy) is 2. The molecule has 632 valence electrons. The number of hydrogen-bond acceptors (Lipinski definition) is 25. The Balaban J connectivity index is 0.000000135. The summed E-state index contributed by atoms with van der Waals surface area (Å²) in [5.41, 5.74) is 8.56. The van der Waals surface area contributed by atoms with Gasteiger partial charge in [0.15, 0.2) is 17.3 Å². The van der Waals surface area contributed by atoms with Crippen LogP contribution in [0.15, 0.2) is 179 Å². The molecule has 3 N–H and O–H groups in total. The first-order valence-corrected chi connectivity index (χ1v) is 45.9. The molecule has 6 aromatic carbocycles. The van der Waals surface area contributed by atoms with E-state index in [1.807, 2.05) is 72.8 Å². The first-order chi connectivity index (χ1) is 58.3. The molecular weight excluding hydrogens is 1600 g/mol. The first-order valence-electron chi connectivity index (χ1n) is 41.6. The summed E-state index contributed by atoms with van der Waals surface area (Å²) < 4.78 is 93.9. The van der Waals surface area contributed by atoms with Gasteiger partial charge in [-0.2, -0.15) is 27.9 Å². The Morgan fingerprint density at radius 1 is 0.397 bits per heavy atom. The van der Waals surface area contributed by atoms with Crippen molar-refractivity contribution in [3.05, 3.63) is 198 Å². The summed E-state index contributed by atoms with van der Waals surface area (Å²) in [5.74, 6) is 3.51. The largest absolute Gasteiger partial charge is 0.444 e. The average molecular weight is 1700 g/mol. The van der Waals surface area contributed by atoms with Crippen molar-refractivity contribution < 1.29 is 58.7 Å². The van der Waals surface area contributed by atoms with Crippen LogP contribution in [0.5, 0.6) is 0 Å². The number of hydrogen-bond donors (Lipinski definition) is 3. The van der Waals surface area contributed by atoms with E-state index < -0.39 is 41.8 Å². The fourth-order valence-corrected chi connectivity index (χ4v) is 21.6. The van der Waals surface area contributed by atoms with Gasteiger partial charge < -0.3 is 49.9 Å². The van der Waals surface area contributed by atoms with Crippen molar-refractivity contribution in [2.75, 3.05) is 109 Å². The number of nitrogens with zero attached hydrogens (tertiary/aromatic N) is 14. The Kier molecular flexibility index (Phi) is 24.5. The molecule has 6 aliphatic heterocycles. The summed E-state index contributed by atoms with van der Waals surface area (Å²) in [6.07, 6.45) is 18.5. The number of Topliss-reactive ketones (excluding diaryl/α,β-unsaturated/α-hetero) is 3. The molecular formula is C88H99N17O13S3. The molecule has 3 saturated heterocycles. The van der Waals surface area contributed by atoms with E-state index in [0.29, 0.717) is 85.4 Å². The van der Waals surface area contributed by atoms with Crippen LogP contribution in [0.25, 0.3) is 0 Å². The van der Waals surface area contributed by atoms with Crippen LogP contribution in [-0.2, 0) is 63.6 Å². The number of rotatable bonds is 15. The number of anilines is 12. The Hall–Kier alpha value is -11.2. The Bertz CT molecular complexity index is 5730. The summed E-state index contributed by atoms with van der Waals surface area (Å²) >= 11 is 0. The number of carbonyl (C=O) groups excluding carboxylic acids is 5. The first kappa shape index (κ1) is 83.5. The molecule has 121 heavy (non-hydrogen) atoms. The summed E-state index contributed by atoms with van der Waals surface area (Å²) in [7, 11) is -11.0. The van der Waals surface area contributed by atoms with Gasteiger partial charge in [-0.15, -0.1) is 0 Å². The van der Waals surface area contributed by atoms with E-state index in [2.05, 4.69) is 45.6 Å². The summed E-state index contributed by atoms with van der Waals surface area (Å²) in [4.78, 5) is 102. The van der Waals surface area contributed by atoms with Crippen molar-refractivity contribution in [1.29, 1.82) is 0 Å². The summed E-state index contributed by atoms with van der Waals surface area (Å²) in [6, 6.07) is 43.6. The van der Waals surface area contributed by atoms with E-state index in [-0.39, 0.29) is 115 Å². The average Bonchev–Trinajstić information content (AvgIpc) is 1.63. The fraction of sp³-hybridized carbons (Fsp3) is 0.398. The molecule has 3 aliphatic carbocycles. The fourth-order valence-electron chi connectivity index (χ4n) is 17.3. The van der Waals surface area contributed by atoms with Gasteiger partial charge in [-0.25, -0.2) is 45.0 Å².